The molecule has 1 unspecified atom stereocenters. The van der Waals surface area contributed by atoms with Gasteiger partial charge in [0.1, 0.15) is 5.76 Å². The number of aliphatic hydroxyl groups excluding tert-OH is 1. The topological polar surface area (TPSA) is 66.6 Å². The largest absolute Gasteiger partial charge is 0.510 e. The van der Waals surface area contributed by atoms with Crippen LogP contribution in [0.5, 0.6) is 0 Å². The minimum atomic E-state index is -0.254. The highest BCUT2D eigenvalue weighted by Gasteiger charge is 2.33. The first kappa shape index (κ1) is 12.5. The van der Waals surface area contributed by atoms with E-state index in [0.717, 1.165) is 5.56 Å². The number of nitrogen functional groups attached to an aromatic ring is 1. The molecule has 0 fully saturated rings. The summed E-state index contributed by atoms with van der Waals surface area (Å²) >= 11 is 0. The van der Waals surface area contributed by atoms with Crippen molar-refractivity contribution in [2.75, 3.05) is 5.73 Å². The van der Waals surface area contributed by atoms with Gasteiger partial charge in [-0.3, -0.25) is 4.79 Å². The molecule has 1 atom stereocenters. The number of allylic oxidation sites excluding steroid dienone is 1. The summed E-state index contributed by atoms with van der Waals surface area (Å²) in [6.45, 7) is 4.25. The zero-order chi connectivity index (χ0) is 13.3. The van der Waals surface area contributed by atoms with E-state index in [9.17, 15) is 9.90 Å². The Kier molecular flexibility index (Phi) is 3.28. The normalized spacial score (nSPS) is 16.9. The number of nitrogens with zero attached hydrogens (tertiary/aromatic N) is 1. The predicted octanol–water partition coefficient (Wildman–Crippen LogP) is 2.46. The summed E-state index contributed by atoms with van der Waals surface area (Å²) < 4.78 is 0. The van der Waals surface area contributed by atoms with Crippen molar-refractivity contribution in [3.8, 4) is 0 Å². The highest BCUT2D eigenvalue weighted by molar-refractivity contribution is 5.99. The Morgan fingerprint density at radius 2 is 2.33 bits per heavy atom. The lowest BCUT2D eigenvalue weighted by Gasteiger charge is -2.26. The summed E-state index contributed by atoms with van der Waals surface area (Å²) in [6.07, 6.45) is 2.32. The van der Waals surface area contributed by atoms with Crippen LogP contribution in [-0.2, 0) is 6.54 Å². The molecular weight excluding hydrogens is 228 g/mol. The van der Waals surface area contributed by atoms with Gasteiger partial charge in [0.15, 0.2) is 0 Å². The molecule has 0 saturated heterocycles. The number of fused-ring (bicyclic) bond motifs is 1. The zero-order valence-electron chi connectivity index (χ0n) is 10.7. The van der Waals surface area contributed by atoms with E-state index in [-0.39, 0.29) is 17.7 Å². The third-order valence-corrected chi connectivity index (χ3v) is 3.37. The lowest BCUT2D eigenvalue weighted by molar-refractivity contribution is 0.0687. The molecule has 0 bridgehead atoms. The Labute approximate surface area is 107 Å². The zero-order valence-corrected chi connectivity index (χ0v) is 10.7. The molecule has 0 saturated carbocycles. The maximum absolute atomic E-state index is 12.3. The first-order valence-electron chi connectivity index (χ1n) is 6.13. The van der Waals surface area contributed by atoms with Crippen molar-refractivity contribution >= 4 is 11.6 Å². The van der Waals surface area contributed by atoms with Gasteiger partial charge in [-0.15, -0.1) is 0 Å². The Bertz CT molecular complexity index is 509. The second kappa shape index (κ2) is 4.72. The van der Waals surface area contributed by atoms with Gasteiger partial charge in [0.25, 0.3) is 5.91 Å². The standard InChI is InChI=1S/C14H18N2O2/c1-3-12(13(17)4-2)16-8-9-5-6-10(15)7-11(9)14(16)18/h4-7,12,17H,3,8,15H2,1-2H3/b13-4-. The summed E-state index contributed by atoms with van der Waals surface area (Å²) in [5.74, 6) is 0.184. The molecule has 3 N–H and O–H groups in total. The molecule has 1 amide bonds. The maximum Gasteiger partial charge on any atom is 0.255 e. The van der Waals surface area contributed by atoms with Gasteiger partial charge in [0.05, 0.1) is 6.04 Å². The van der Waals surface area contributed by atoms with E-state index in [0.29, 0.717) is 24.2 Å². The molecule has 1 aromatic carbocycles. The minimum Gasteiger partial charge on any atom is -0.510 e. The molecule has 1 aliphatic rings. The van der Waals surface area contributed by atoms with Gasteiger partial charge in [0.2, 0.25) is 0 Å². The van der Waals surface area contributed by atoms with E-state index in [4.69, 9.17) is 5.73 Å². The number of carbonyl (C=O) groups excluding carboxylic acids is 1. The summed E-state index contributed by atoms with van der Waals surface area (Å²) in [6, 6.07) is 5.13. The smallest absolute Gasteiger partial charge is 0.255 e. The molecule has 18 heavy (non-hydrogen) atoms. The fourth-order valence-corrected chi connectivity index (χ4v) is 2.37. The van der Waals surface area contributed by atoms with E-state index in [1.807, 2.05) is 13.0 Å². The third-order valence-electron chi connectivity index (χ3n) is 3.37. The maximum atomic E-state index is 12.3. The Morgan fingerprint density at radius 1 is 1.61 bits per heavy atom. The van der Waals surface area contributed by atoms with Crippen molar-refractivity contribution < 1.29 is 9.90 Å². The average molecular weight is 246 g/mol. The molecule has 0 spiro atoms. The lowest BCUT2D eigenvalue weighted by atomic mass is 10.1. The van der Waals surface area contributed by atoms with Gasteiger partial charge in [-0.25, -0.2) is 0 Å². The molecule has 4 heteroatoms. The first-order chi connectivity index (χ1) is 8.58. The molecule has 1 heterocycles. The minimum absolute atomic E-state index is 0.0578. The van der Waals surface area contributed by atoms with Crippen LogP contribution in [0.15, 0.2) is 30.0 Å². The van der Waals surface area contributed by atoms with E-state index in [1.165, 1.54) is 0 Å². The summed E-state index contributed by atoms with van der Waals surface area (Å²) in [7, 11) is 0. The van der Waals surface area contributed by atoms with Crippen molar-refractivity contribution in [3.05, 3.63) is 41.2 Å². The number of benzene rings is 1. The van der Waals surface area contributed by atoms with Gasteiger partial charge >= 0.3 is 0 Å². The molecule has 1 aromatic rings. The molecule has 0 aliphatic carbocycles. The van der Waals surface area contributed by atoms with E-state index in [1.54, 1.807) is 30.0 Å². The number of anilines is 1. The van der Waals surface area contributed by atoms with E-state index >= 15 is 0 Å². The average Bonchev–Trinajstić information content (AvgIpc) is 2.68. The second-order valence-corrected chi connectivity index (χ2v) is 4.49. The molecular formula is C14H18N2O2. The van der Waals surface area contributed by atoms with Crippen LogP contribution in [0.3, 0.4) is 0 Å². The number of nitrogens with two attached hydrogens (primary N) is 1. The fourth-order valence-electron chi connectivity index (χ4n) is 2.37. The van der Waals surface area contributed by atoms with Crippen molar-refractivity contribution in [1.82, 2.24) is 4.90 Å². The molecule has 0 radical (unpaired) electrons. The van der Waals surface area contributed by atoms with Crippen LogP contribution in [-0.4, -0.2) is 22.0 Å². The summed E-state index contributed by atoms with van der Waals surface area (Å²) in [5.41, 5.74) is 7.91. The molecule has 1 aliphatic heterocycles. The van der Waals surface area contributed by atoms with Gasteiger partial charge in [-0.1, -0.05) is 13.0 Å². The van der Waals surface area contributed by atoms with Crippen molar-refractivity contribution in [2.24, 2.45) is 0 Å². The lowest BCUT2D eigenvalue weighted by Crippen LogP contribution is -2.36. The van der Waals surface area contributed by atoms with E-state index < -0.39 is 0 Å². The Morgan fingerprint density at radius 3 is 2.94 bits per heavy atom. The van der Waals surface area contributed by atoms with Crippen LogP contribution in [0.4, 0.5) is 5.69 Å². The Hall–Kier alpha value is -1.97. The first-order valence-corrected chi connectivity index (χ1v) is 6.13. The molecule has 96 valence electrons. The second-order valence-electron chi connectivity index (χ2n) is 4.49. The fraction of sp³-hybridized carbons (Fsp3) is 0.357. The molecule has 0 aromatic heterocycles. The van der Waals surface area contributed by atoms with E-state index in [2.05, 4.69) is 0 Å². The highest BCUT2D eigenvalue weighted by Crippen LogP contribution is 2.28. The number of carbonyl (C=O) groups is 1. The monoisotopic (exact) mass is 246 g/mol. The predicted molar refractivity (Wildman–Crippen MR) is 71.2 cm³/mol. The van der Waals surface area contributed by atoms with Crippen LogP contribution < -0.4 is 5.73 Å². The van der Waals surface area contributed by atoms with Crippen molar-refractivity contribution in [1.29, 1.82) is 0 Å². The van der Waals surface area contributed by atoms with Crippen LogP contribution in [0.25, 0.3) is 0 Å². The van der Waals surface area contributed by atoms with Gasteiger partial charge in [0, 0.05) is 17.8 Å². The van der Waals surface area contributed by atoms with Gasteiger partial charge in [-0.05, 0) is 37.1 Å². The van der Waals surface area contributed by atoms with Crippen LogP contribution in [0.1, 0.15) is 36.2 Å². The number of aliphatic hydroxyl groups is 1. The van der Waals surface area contributed by atoms with Crippen molar-refractivity contribution in [2.45, 2.75) is 32.9 Å². The summed E-state index contributed by atoms with van der Waals surface area (Å²) in [5, 5.41) is 9.87. The third kappa shape index (κ3) is 1.94. The number of rotatable bonds is 3. The van der Waals surface area contributed by atoms with Crippen LogP contribution >= 0.6 is 0 Å². The Balaban J connectivity index is 2.33. The number of hydrogen-bond donors (Lipinski definition) is 2. The van der Waals surface area contributed by atoms with Gasteiger partial charge in [-0.2, -0.15) is 0 Å². The van der Waals surface area contributed by atoms with Crippen LogP contribution in [0.2, 0.25) is 0 Å². The highest BCUT2D eigenvalue weighted by atomic mass is 16.3. The number of hydrogen-bond acceptors (Lipinski definition) is 3. The SMILES string of the molecule is C/C=C(\O)C(CC)N1Cc2ccc(N)cc2C1=O. The molecule has 2 rings (SSSR count). The van der Waals surface area contributed by atoms with Gasteiger partial charge < -0.3 is 15.7 Å². The number of amides is 1. The quantitative estimate of drug-likeness (QED) is 0.636. The molecule has 4 nitrogen and oxygen atoms in total. The van der Waals surface area contributed by atoms with Crippen LogP contribution in [0, 0.1) is 0 Å². The summed E-state index contributed by atoms with van der Waals surface area (Å²) in [4.78, 5) is 14.0. The van der Waals surface area contributed by atoms with Crippen molar-refractivity contribution in [3.63, 3.8) is 0 Å².